The molecule has 2 aromatic carbocycles. The quantitative estimate of drug-likeness (QED) is 0.117. The second-order valence-corrected chi connectivity index (χ2v) is 14.5. The maximum atomic E-state index is 14.8. The summed E-state index contributed by atoms with van der Waals surface area (Å²) in [6.07, 6.45) is 0.690. The normalized spacial score (nSPS) is 17.5. The van der Waals surface area contributed by atoms with Gasteiger partial charge in [-0.2, -0.15) is 19.0 Å². The summed E-state index contributed by atoms with van der Waals surface area (Å²) < 4.78 is 59.6. The van der Waals surface area contributed by atoms with Gasteiger partial charge in [0.1, 0.15) is 12.9 Å². The first-order chi connectivity index (χ1) is 23.4. The molecule has 2 aromatic heterocycles. The number of carbonyl (C=O) groups is 2. The first-order valence-electron chi connectivity index (χ1n) is 15.6. The molecule has 0 saturated carbocycles. The minimum Gasteiger partial charge on any atom is -0.463 e. The second-order valence-electron chi connectivity index (χ2n) is 14.0. The zero-order valence-corrected chi connectivity index (χ0v) is 28.8. The number of amides is 1. The summed E-state index contributed by atoms with van der Waals surface area (Å²) >= 11 is 6.50. The Morgan fingerprint density at radius 1 is 1.06 bits per heavy atom. The fraction of sp³-hybridized carbons (Fsp3) is 0.412. The Labute approximate surface area is 290 Å². The van der Waals surface area contributed by atoms with Crippen molar-refractivity contribution in [3.8, 4) is 22.5 Å². The van der Waals surface area contributed by atoms with Crippen molar-refractivity contribution in [1.29, 1.82) is 0 Å². The largest absolute Gasteiger partial charge is 0.463 e. The third-order valence-electron chi connectivity index (χ3n) is 8.36. The van der Waals surface area contributed by atoms with Crippen molar-refractivity contribution in [2.75, 3.05) is 6.61 Å². The van der Waals surface area contributed by atoms with E-state index >= 15 is 0 Å². The number of nitrogens with zero attached hydrogens (tertiary/aromatic N) is 6. The number of hydrogen-bond acceptors (Lipinski definition) is 8. The molecule has 3 heterocycles. The Kier molecular flexibility index (Phi) is 10.1. The van der Waals surface area contributed by atoms with Gasteiger partial charge in [-0.15, -0.1) is 0 Å². The number of guanidine groups is 1. The van der Waals surface area contributed by atoms with Crippen LogP contribution in [-0.2, 0) is 19.9 Å². The lowest BCUT2D eigenvalue weighted by atomic mass is 9.75. The Hall–Kier alpha value is -4.79. The second kappa shape index (κ2) is 13.8. The SMILES string of the molecule is CC(C)(C)C[C@]1(c2ccc(-c3cnn(C(F)F)c3)cc2)N=C(N)N([C@H](COC(=O)CC(C)(C)C(F)F)c2ccc(Cl)c(-c3ncn[nH]3)c2)C1=O. The van der Waals surface area contributed by atoms with Gasteiger partial charge in [0.2, 0.25) is 6.43 Å². The number of aromatic amines is 1. The van der Waals surface area contributed by atoms with E-state index in [2.05, 4.69) is 20.3 Å². The molecule has 0 radical (unpaired) electrons. The fourth-order valence-electron chi connectivity index (χ4n) is 5.87. The Morgan fingerprint density at radius 3 is 2.34 bits per heavy atom. The molecule has 0 spiro atoms. The van der Waals surface area contributed by atoms with Gasteiger partial charge in [-0.25, -0.2) is 23.4 Å². The molecule has 50 heavy (non-hydrogen) atoms. The van der Waals surface area contributed by atoms with Crippen LogP contribution < -0.4 is 5.73 Å². The van der Waals surface area contributed by atoms with Crippen LogP contribution in [0.25, 0.3) is 22.5 Å². The molecule has 4 aromatic rings. The standard InChI is InChI=1S/C34H37ClF4N8O3/c1-32(2,3)17-34(22-9-6-19(7-10-22)21-14-43-46(15-21)30(38)39)29(49)47(31(40)44-34)25(16-50-26(48)13-33(4,5)28(36)37)20-8-11-24(35)23(12-20)27-41-18-42-45-27/h6-12,14-15,18,25,28,30H,13,16-17H2,1-5H3,(H2,40,44)(H,41,42,45)/t25-,34-/m1/s1. The van der Waals surface area contributed by atoms with Crippen LogP contribution >= 0.6 is 11.6 Å². The van der Waals surface area contributed by atoms with Gasteiger partial charge in [0, 0.05) is 22.7 Å². The Morgan fingerprint density at radius 2 is 1.76 bits per heavy atom. The number of hydrogen-bond donors (Lipinski definition) is 2. The van der Waals surface area contributed by atoms with E-state index in [0.29, 0.717) is 43.3 Å². The molecule has 266 valence electrons. The van der Waals surface area contributed by atoms with Crippen LogP contribution in [0.3, 0.4) is 0 Å². The van der Waals surface area contributed by atoms with E-state index in [1.165, 1.54) is 37.5 Å². The first kappa shape index (κ1) is 36.5. The molecular formula is C34H37ClF4N8O3. The van der Waals surface area contributed by atoms with Crippen molar-refractivity contribution in [1.82, 2.24) is 29.9 Å². The molecule has 2 atom stereocenters. The van der Waals surface area contributed by atoms with Crippen LogP contribution in [0.15, 0.2) is 66.2 Å². The number of aromatic nitrogens is 5. The van der Waals surface area contributed by atoms with Crippen LogP contribution in [0.2, 0.25) is 5.02 Å². The van der Waals surface area contributed by atoms with Crippen molar-refractivity contribution >= 4 is 29.4 Å². The van der Waals surface area contributed by atoms with Gasteiger partial charge in [-0.1, -0.05) is 76.6 Å². The number of ether oxygens (including phenoxy) is 1. The van der Waals surface area contributed by atoms with E-state index < -0.39 is 60.3 Å². The lowest BCUT2D eigenvalue weighted by molar-refractivity contribution is -0.152. The zero-order valence-electron chi connectivity index (χ0n) is 28.0. The van der Waals surface area contributed by atoms with Crippen molar-refractivity contribution in [2.24, 2.45) is 21.6 Å². The van der Waals surface area contributed by atoms with E-state index in [4.69, 9.17) is 27.1 Å². The molecule has 0 bridgehead atoms. The summed E-state index contributed by atoms with van der Waals surface area (Å²) in [4.78, 5) is 37.9. The van der Waals surface area contributed by atoms with Crippen molar-refractivity contribution in [3.63, 3.8) is 0 Å². The van der Waals surface area contributed by atoms with Gasteiger partial charge >= 0.3 is 12.5 Å². The Bertz CT molecular complexity index is 1870. The van der Waals surface area contributed by atoms with Crippen LogP contribution in [0.1, 0.15) is 71.2 Å². The maximum absolute atomic E-state index is 14.8. The number of rotatable bonds is 12. The monoisotopic (exact) mass is 716 g/mol. The predicted molar refractivity (Wildman–Crippen MR) is 178 cm³/mol. The summed E-state index contributed by atoms with van der Waals surface area (Å²) in [5.41, 5.74) is 5.33. The van der Waals surface area contributed by atoms with E-state index in [-0.39, 0.29) is 12.4 Å². The highest BCUT2D eigenvalue weighted by molar-refractivity contribution is 6.33. The number of halogens is 5. The Balaban J connectivity index is 1.56. The minimum atomic E-state index is -2.80. The number of H-pyrrole nitrogens is 1. The summed E-state index contributed by atoms with van der Waals surface area (Å²) in [6, 6.07) is 10.5. The maximum Gasteiger partial charge on any atom is 0.333 e. The molecular weight excluding hydrogens is 680 g/mol. The van der Waals surface area contributed by atoms with Crippen LogP contribution in [0, 0.1) is 10.8 Å². The average Bonchev–Trinajstić information content (AvgIpc) is 3.79. The average molecular weight is 717 g/mol. The lowest BCUT2D eigenvalue weighted by Gasteiger charge is -2.35. The van der Waals surface area contributed by atoms with Gasteiger partial charge < -0.3 is 10.5 Å². The van der Waals surface area contributed by atoms with Crippen LogP contribution in [-0.4, -0.2) is 60.7 Å². The van der Waals surface area contributed by atoms with E-state index in [0.717, 1.165) is 0 Å². The summed E-state index contributed by atoms with van der Waals surface area (Å²) in [6.45, 7) is 5.09. The molecule has 0 aliphatic carbocycles. The van der Waals surface area contributed by atoms with Crippen molar-refractivity contribution < 1.29 is 31.9 Å². The third kappa shape index (κ3) is 7.52. The van der Waals surface area contributed by atoms with Crippen molar-refractivity contribution in [2.45, 2.75) is 72.0 Å². The van der Waals surface area contributed by atoms with Gasteiger partial charge in [0.25, 0.3) is 5.91 Å². The fourth-order valence-corrected chi connectivity index (χ4v) is 6.07. The number of esters is 1. The molecule has 1 amide bonds. The third-order valence-corrected chi connectivity index (χ3v) is 8.69. The molecule has 5 rings (SSSR count). The highest BCUT2D eigenvalue weighted by Gasteiger charge is 2.53. The van der Waals surface area contributed by atoms with E-state index in [9.17, 15) is 27.2 Å². The topological polar surface area (TPSA) is 144 Å². The number of alkyl halides is 4. The number of aliphatic imine (C=N–C) groups is 1. The smallest absolute Gasteiger partial charge is 0.333 e. The van der Waals surface area contributed by atoms with Crippen molar-refractivity contribution in [3.05, 3.63) is 77.3 Å². The summed E-state index contributed by atoms with van der Waals surface area (Å²) in [7, 11) is 0. The van der Waals surface area contributed by atoms with Gasteiger partial charge in [0.15, 0.2) is 17.3 Å². The number of benzene rings is 2. The van der Waals surface area contributed by atoms with E-state index in [1.54, 1.807) is 42.5 Å². The molecule has 0 saturated heterocycles. The van der Waals surface area contributed by atoms with E-state index in [1.807, 2.05) is 20.8 Å². The first-order valence-corrected chi connectivity index (χ1v) is 16.0. The van der Waals surface area contributed by atoms with Gasteiger partial charge in [-0.05, 0) is 40.7 Å². The number of carbonyl (C=O) groups excluding carboxylic acids is 2. The summed E-state index contributed by atoms with van der Waals surface area (Å²) in [5.74, 6) is -1.24. The molecule has 3 N–H and O–H groups in total. The number of nitrogens with one attached hydrogen (secondary N) is 1. The van der Waals surface area contributed by atoms with Crippen LogP contribution in [0.5, 0.6) is 0 Å². The molecule has 11 nitrogen and oxygen atoms in total. The zero-order chi connectivity index (χ0) is 36.6. The molecule has 0 fully saturated rings. The predicted octanol–water partition coefficient (Wildman–Crippen LogP) is 7.14. The highest BCUT2D eigenvalue weighted by Crippen LogP contribution is 2.45. The van der Waals surface area contributed by atoms with Gasteiger partial charge in [-0.3, -0.25) is 19.6 Å². The minimum absolute atomic E-state index is 0.160. The highest BCUT2D eigenvalue weighted by atomic mass is 35.5. The lowest BCUT2D eigenvalue weighted by Crippen LogP contribution is -2.47. The molecule has 1 aliphatic heterocycles. The summed E-state index contributed by atoms with van der Waals surface area (Å²) in [5, 5.41) is 10.6. The molecule has 0 unspecified atom stereocenters. The molecule has 1 aliphatic rings. The van der Waals surface area contributed by atoms with Gasteiger partial charge in [0.05, 0.1) is 23.7 Å². The molecule has 16 heteroatoms. The number of nitrogens with two attached hydrogens (primary N) is 1. The van der Waals surface area contributed by atoms with Crippen LogP contribution in [0.4, 0.5) is 17.6 Å².